The molecule has 1 aromatic carbocycles. The fourth-order valence-corrected chi connectivity index (χ4v) is 3.48. The Bertz CT molecular complexity index is 898. The van der Waals surface area contributed by atoms with Crippen LogP contribution in [0.1, 0.15) is 25.3 Å². The van der Waals surface area contributed by atoms with Gasteiger partial charge in [-0.3, -0.25) is 9.38 Å². The van der Waals surface area contributed by atoms with Crippen molar-refractivity contribution in [1.29, 1.82) is 0 Å². The molecule has 2 aromatic heterocycles. The summed E-state index contributed by atoms with van der Waals surface area (Å²) < 4.78 is 2.11. The summed E-state index contributed by atoms with van der Waals surface area (Å²) in [5, 5.41) is 19.7. The maximum absolute atomic E-state index is 9.96. The maximum atomic E-state index is 9.96. The number of nitrogens with zero attached hydrogens (tertiary/aromatic N) is 4. The van der Waals surface area contributed by atoms with Gasteiger partial charge in [0.1, 0.15) is 11.6 Å². The average molecular weight is 338 g/mol. The predicted octanol–water partition coefficient (Wildman–Crippen LogP) is 2.63. The van der Waals surface area contributed by atoms with E-state index >= 15 is 0 Å². The summed E-state index contributed by atoms with van der Waals surface area (Å²) in [6.45, 7) is 3.63. The van der Waals surface area contributed by atoms with Gasteiger partial charge in [-0.15, -0.1) is 0 Å². The predicted molar refractivity (Wildman–Crippen MR) is 96.9 cm³/mol. The number of aromatic nitrogens is 3. The summed E-state index contributed by atoms with van der Waals surface area (Å²) in [4.78, 5) is 11.1. The van der Waals surface area contributed by atoms with Crippen molar-refractivity contribution >= 4 is 11.5 Å². The van der Waals surface area contributed by atoms with Crippen LogP contribution in [-0.2, 0) is 6.42 Å². The highest BCUT2D eigenvalue weighted by Crippen LogP contribution is 2.30. The minimum atomic E-state index is -0.213. The van der Waals surface area contributed by atoms with Crippen LogP contribution in [0.15, 0.2) is 36.8 Å². The lowest BCUT2D eigenvalue weighted by Crippen LogP contribution is -2.36. The fraction of sp³-hybridized carbons (Fsp3) is 0.368. The molecule has 0 atom stereocenters. The first kappa shape index (κ1) is 15.9. The van der Waals surface area contributed by atoms with Crippen LogP contribution >= 0.6 is 0 Å². The molecule has 3 aromatic rings. The number of phenolic OH excluding ortho intramolecular Hbond substituents is 1. The summed E-state index contributed by atoms with van der Waals surface area (Å²) in [6.07, 6.45) is 7.55. The van der Waals surface area contributed by atoms with E-state index in [1.807, 2.05) is 31.5 Å². The molecule has 0 bridgehead atoms. The smallest absolute Gasteiger partial charge is 0.157 e. The van der Waals surface area contributed by atoms with Gasteiger partial charge in [-0.2, -0.15) is 0 Å². The van der Waals surface area contributed by atoms with Gasteiger partial charge in [-0.25, -0.2) is 4.98 Å². The first-order chi connectivity index (χ1) is 12.2. The molecule has 1 aliphatic heterocycles. The van der Waals surface area contributed by atoms with E-state index in [4.69, 9.17) is 0 Å². The van der Waals surface area contributed by atoms with Crippen molar-refractivity contribution in [3.63, 3.8) is 0 Å². The number of aromatic hydroxyl groups is 1. The van der Waals surface area contributed by atoms with Crippen LogP contribution in [0.3, 0.4) is 0 Å². The number of imidazole rings is 1. The Kier molecular flexibility index (Phi) is 4.05. The van der Waals surface area contributed by atoms with Crippen molar-refractivity contribution in [3.05, 3.63) is 42.4 Å². The lowest BCUT2D eigenvalue weighted by atomic mass is 10.1. The van der Waals surface area contributed by atoms with Crippen LogP contribution in [0.2, 0.25) is 0 Å². The summed E-state index contributed by atoms with van der Waals surface area (Å²) in [6, 6.07) is 5.68. The van der Waals surface area contributed by atoms with E-state index in [0.29, 0.717) is 5.75 Å². The molecule has 6 heteroatoms. The summed E-state index contributed by atoms with van der Waals surface area (Å²) in [5.74, 6) is 1.31. The maximum Gasteiger partial charge on any atom is 0.157 e. The van der Waals surface area contributed by atoms with Crippen LogP contribution in [-0.4, -0.2) is 43.8 Å². The van der Waals surface area contributed by atoms with E-state index in [9.17, 15) is 10.2 Å². The van der Waals surface area contributed by atoms with E-state index in [-0.39, 0.29) is 6.10 Å². The number of benzene rings is 1. The highest BCUT2D eigenvalue weighted by Gasteiger charge is 2.21. The summed E-state index contributed by atoms with van der Waals surface area (Å²) in [5.41, 5.74) is 3.72. The van der Waals surface area contributed by atoms with E-state index in [1.165, 1.54) is 0 Å². The van der Waals surface area contributed by atoms with Gasteiger partial charge in [0.25, 0.3) is 0 Å². The molecule has 6 nitrogen and oxygen atoms in total. The van der Waals surface area contributed by atoms with Crippen molar-refractivity contribution in [2.45, 2.75) is 32.3 Å². The largest absolute Gasteiger partial charge is 0.508 e. The van der Waals surface area contributed by atoms with E-state index in [2.05, 4.69) is 19.3 Å². The van der Waals surface area contributed by atoms with Gasteiger partial charge in [0.15, 0.2) is 5.65 Å². The second kappa shape index (κ2) is 6.37. The molecular formula is C19H22N4O2. The second-order valence-electron chi connectivity index (χ2n) is 6.52. The molecule has 1 fully saturated rings. The first-order valence-electron chi connectivity index (χ1n) is 8.74. The third-order valence-corrected chi connectivity index (χ3v) is 4.94. The number of aliphatic hydroxyl groups is 1. The molecule has 0 amide bonds. The van der Waals surface area contributed by atoms with Crippen molar-refractivity contribution in [3.8, 4) is 17.0 Å². The Hall–Kier alpha value is -2.60. The highest BCUT2D eigenvalue weighted by molar-refractivity contribution is 5.68. The van der Waals surface area contributed by atoms with Crippen molar-refractivity contribution in [1.82, 2.24) is 14.4 Å². The number of phenols is 1. The fourth-order valence-electron chi connectivity index (χ4n) is 3.48. The molecule has 0 unspecified atom stereocenters. The molecule has 25 heavy (non-hydrogen) atoms. The minimum absolute atomic E-state index is 0.213. The quantitative estimate of drug-likeness (QED) is 0.768. The van der Waals surface area contributed by atoms with Gasteiger partial charge < -0.3 is 15.1 Å². The molecule has 3 heterocycles. The van der Waals surface area contributed by atoms with E-state index < -0.39 is 0 Å². The highest BCUT2D eigenvalue weighted by atomic mass is 16.3. The Labute approximate surface area is 146 Å². The van der Waals surface area contributed by atoms with E-state index in [1.54, 1.807) is 12.3 Å². The Morgan fingerprint density at radius 3 is 2.72 bits per heavy atom. The molecular weight excluding hydrogens is 316 g/mol. The van der Waals surface area contributed by atoms with Gasteiger partial charge in [-0.05, 0) is 43.0 Å². The standard InChI is InChI=1S/C19H22N4O2/c1-2-13-9-14(3-4-17(13)25)16-10-21-18-11-20-12-19(23(16)18)22-7-5-15(24)6-8-22/h3-4,9-12,15,24-25H,2,5-8H2,1H3. The lowest BCUT2D eigenvalue weighted by Gasteiger charge is -2.31. The number of piperidine rings is 1. The zero-order valence-corrected chi connectivity index (χ0v) is 14.3. The van der Waals surface area contributed by atoms with Crippen LogP contribution in [0, 0.1) is 0 Å². The van der Waals surface area contributed by atoms with Crippen LogP contribution in [0.5, 0.6) is 5.75 Å². The molecule has 0 radical (unpaired) electrons. The molecule has 1 saturated heterocycles. The Morgan fingerprint density at radius 1 is 1.16 bits per heavy atom. The summed E-state index contributed by atoms with van der Waals surface area (Å²) >= 11 is 0. The zero-order chi connectivity index (χ0) is 17.4. The van der Waals surface area contributed by atoms with Crippen molar-refractivity contribution in [2.75, 3.05) is 18.0 Å². The van der Waals surface area contributed by atoms with Crippen molar-refractivity contribution in [2.24, 2.45) is 0 Å². The number of aliphatic hydroxyl groups excluding tert-OH is 1. The minimum Gasteiger partial charge on any atom is -0.508 e. The molecule has 1 aliphatic rings. The zero-order valence-electron chi connectivity index (χ0n) is 14.3. The van der Waals surface area contributed by atoms with Gasteiger partial charge in [0.05, 0.1) is 30.4 Å². The molecule has 0 saturated carbocycles. The molecule has 0 aliphatic carbocycles. The van der Waals surface area contributed by atoms with E-state index in [0.717, 1.165) is 60.6 Å². The average Bonchev–Trinajstić information content (AvgIpc) is 3.07. The number of fused-ring (bicyclic) bond motifs is 1. The number of anilines is 1. The second-order valence-corrected chi connectivity index (χ2v) is 6.52. The van der Waals surface area contributed by atoms with Crippen LogP contribution < -0.4 is 4.90 Å². The number of hydrogen-bond acceptors (Lipinski definition) is 5. The van der Waals surface area contributed by atoms with Crippen molar-refractivity contribution < 1.29 is 10.2 Å². The Morgan fingerprint density at radius 2 is 1.96 bits per heavy atom. The molecule has 130 valence electrons. The lowest BCUT2D eigenvalue weighted by molar-refractivity contribution is 0.145. The Balaban J connectivity index is 1.83. The topological polar surface area (TPSA) is 73.9 Å². The SMILES string of the molecule is CCc1cc(-c2cnc3cncc(N4CCC(O)CC4)n23)ccc1O. The number of hydrogen-bond donors (Lipinski definition) is 2. The first-order valence-corrected chi connectivity index (χ1v) is 8.74. The summed E-state index contributed by atoms with van der Waals surface area (Å²) in [7, 11) is 0. The molecule has 4 rings (SSSR count). The van der Waals surface area contributed by atoms with Gasteiger partial charge >= 0.3 is 0 Å². The van der Waals surface area contributed by atoms with Crippen LogP contribution in [0.4, 0.5) is 5.82 Å². The monoisotopic (exact) mass is 338 g/mol. The molecule has 2 N–H and O–H groups in total. The number of aryl methyl sites for hydroxylation is 1. The normalized spacial score (nSPS) is 15.8. The number of rotatable bonds is 3. The van der Waals surface area contributed by atoms with Crippen LogP contribution in [0.25, 0.3) is 16.9 Å². The third kappa shape index (κ3) is 2.82. The molecule has 0 spiro atoms. The van der Waals surface area contributed by atoms with Gasteiger partial charge in [0.2, 0.25) is 0 Å². The van der Waals surface area contributed by atoms with Gasteiger partial charge in [-0.1, -0.05) is 6.92 Å². The third-order valence-electron chi connectivity index (χ3n) is 4.94. The van der Waals surface area contributed by atoms with Gasteiger partial charge in [0, 0.05) is 18.7 Å².